The summed E-state index contributed by atoms with van der Waals surface area (Å²) in [6, 6.07) is 4.52. The van der Waals surface area contributed by atoms with Crippen LogP contribution in [0.5, 0.6) is 0 Å². The lowest BCUT2D eigenvalue weighted by Crippen LogP contribution is -2.41. The molecule has 0 aliphatic rings. The van der Waals surface area contributed by atoms with Gasteiger partial charge in [-0.3, -0.25) is 0 Å². The molecule has 0 saturated heterocycles. The minimum absolute atomic E-state index is 0. The van der Waals surface area contributed by atoms with Gasteiger partial charge in [0.05, 0.1) is 10.0 Å². The van der Waals surface area contributed by atoms with Crippen LogP contribution in [0, 0.1) is 0 Å². The van der Waals surface area contributed by atoms with Gasteiger partial charge in [-0.1, -0.05) is 29.3 Å². The van der Waals surface area contributed by atoms with Gasteiger partial charge in [0.15, 0.2) is 0 Å². The topological polar surface area (TPSA) is 63.3 Å². The molecule has 3 N–H and O–H groups in total. The number of carboxylic acid groups (broad SMARTS) is 1. The fourth-order valence-corrected chi connectivity index (χ4v) is 1.24. The zero-order valence-corrected chi connectivity index (χ0v) is 10.2. The lowest BCUT2D eigenvalue weighted by Gasteiger charge is -2.19. The van der Waals surface area contributed by atoms with E-state index in [2.05, 4.69) is 0 Å². The molecule has 0 heterocycles. The number of carboxylic acids is 1. The van der Waals surface area contributed by atoms with Gasteiger partial charge in [-0.2, -0.15) is 0 Å². The predicted molar refractivity (Wildman–Crippen MR) is 62.9 cm³/mol. The van der Waals surface area contributed by atoms with Gasteiger partial charge in [-0.05, 0) is 24.6 Å². The molecule has 1 atom stereocenters. The van der Waals surface area contributed by atoms with Crippen molar-refractivity contribution in [1.29, 1.82) is 0 Å². The van der Waals surface area contributed by atoms with Gasteiger partial charge < -0.3 is 10.8 Å². The van der Waals surface area contributed by atoms with E-state index in [1.165, 1.54) is 19.1 Å². The minimum atomic E-state index is -1.45. The van der Waals surface area contributed by atoms with Crippen LogP contribution in [0.4, 0.5) is 0 Å². The highest BCUT2D eigenvalue weighted by atomic mass is 35.5. The van der Waals surface area contributed by atoms with Gasteiger partial charge in [0.2, 0.25) is 0 Å². The zero-order chi connectivity index (χ0) is 10.9. The summed E-state index contributed by atoms with van der Waals surface area (Å²) >= 11 is 11.4. The standard InChI is InChI=1S/C9H9Cl2NO2.ClH/c1-9(12,8(13)14)5-2-3-6(10)7(11)4-5;/h2-4H,12H2,1H3,(H,13,14);1H. The first-order valence-electron chi connectivity index (χ1n) is 3.83. The Hall–Kier alpha value is -0.480. The first-order chi connectivity index (χ1) is 6.35. The molecule has 3 nitrogen and oxygen atoms in total. The quantitative estimate of drug-likeness (QED) is 0.868. The van der Waals surface area contributed by atoms with Crippen molar-refractivity contribution in [2.45, 2.75) is 12.5 Å². The maximum absolute atomic E-state index is 10.8. The maximum Gasteiger partial charge on any atom is 0.328 e. The normalized spacial score (nSPS) is 13.9. The molecule has 0 bridgehead atoms. The zero-order valence-electron chi connectivity index (χ0n) is 7.83. The number of nitrogens with two attached hydrogens (primary N) is 1. The number of aliphatic carboxylic acids is 1. The summed E-state index contributed by atoms with van der Waals surface area (Å²) in [4.78, 5) is 10.8. The van der Waals surface area contributed by atoms with Gasteiger partial charge in [-0.15, -0.1) is 12.4 Å². The molecule has 15 heavy (non-hydrogen) atoms. The first-order valence-corrected chi connectivity index (χ1v) is 4.59. The first kappa shape index (κ1) is 14.5. The molecular weight excluding hydrogens is 260 g/mol. The summed E-state index contributed by atoms with van der Waals surface area (Å²) in [6.07, 6.45) is 0. The third kappa shape index (κ3) is 2.98. The summed E-state index contributed by atoms with van der Waals surface area (Å²) in [5, 5.41) is 9.52. The second-order valence-corrected chi connectivity index (χ2v) is 3.95. The number of hydrogen-bond donors (Lipinski definition) is 2. The largest absolute Gasteiger partial charge is 0.480 e. The Morgan fingerprint density at radius 2 is 1.93 bits per heavy atom. The van der Waals surface area contributed by atoms with Crippen molar-refractivity contribution in [1.82, 2.24) is 0 Å². The molecule has 0 aliphatic carbocycles. The molecule has 1 aromatic carbocycles. The van der Waals surface area contributed by atoms with Gasteiger partial charge in [0.25, 0.3) is 0 Å². The van der Waals surface area contributed by atoms with Crippen LogP contribution in [0.3, 0.4) is 0 Å². The summed E-state index contributed by atoms with van der Waals surface area (Å²) in [5.74, 6) is -1.11. The third-order valence-electron chi connectivity index (χ3n) is 1.96. The van der Waals surface area contributed by atoms with Crippen molar-refractivity contribution < 1.29 is 9.90 Å². The van der Waals surface area contributed by atoms with E-state index in [0.717, 1.165) is 0 Å². The van der Waals surface area contributed by atoms with E-state index < -0.39 is 11.5 Å². The summed E-state index contributed by atoms with van der Waals surface area (Å²) in [6.45, 7) is 1.40. The lowest BCUT2D eigenvalue weighted by atomic mass is 9.94. The number of halogens is 3. The predicted octanol–water partition coefficient (Wildman–Crippen LogP) is 2.67. The van der Waals surface area contributed by atoms with Crippen molar-refractivity contribution in [3.05, 3.63) is 33.8 Å². The number of carbonyl (C=O) groups is 1. The Morgan fingerprint density at radius 1 is 1.40 bits per heavy atom. The molecular formula is C9H10Cl3NO2. The van der Waals surface area contributed by atoms with Crippen LogP contribution in [0.25, 0.3) is 0 Å². The van der Waals surface area contributed by atoms with Crippen LogP contribution in [0.15, 0.2) is 18.2 Å². The molecule has 0 spiro atoms. The minimum Gasteiger partial charge on any atom is -0.480 e. The van der Waals surface area contributed by atoms with Crippen molar-refractivity contribution in [3.8, 4) is 0 Å². The van der Waals surface area contributed by atoms with Crippen molar-refractivity contribution in [3.63, 3.8) is 0 Å². The van der Waals surface area contributed by atoms with Crippen molar-refractivity contribution in [2.24, 2.45) is 5.73 Å². The number of hydrogen-bond acceptors (Lipinski definition) is 2. The molecule has 0 fully saturated rings. The monoisotopic (exact) mass is 269 g/mol. The van der Waals surface area contributed by atoms with Gasteiger partial charge in [-0.25, -0.2) is 4.79 Å². The van der Waals surface area contributed by atoms with E-state index in [4.69, 9.17) is 34.0 Å². The van der Waals surface area contributed by atoms with E-state index in [9.17, 15) is 4.79 Å². The average molecular weight is 271 g/mol. The van der Waals surface area contributed by atoms with Crippen LogP contribution in [-0.4, -0.2) is 11.1 Å². The van der Waals surface area contributed by atoms with Crippen LogP contribution in [0.2, 0.25) is 10.0 Å². The fourth-order valence-electron chi connectivity index (χ4n) is 0.943. The van der Waals surface area contributed by atoms with E-state index in [0.29, 0.717) is 15.6 Å². The molecule has 0 aliphatic heterocycles. The molecule has 84 valence electrons. The van der Waals surface area contributed by atoms with E-state index in [-0.39, 0.29) is 12.4 Å². The van der Waals surface area contributed by atoms with Gasteiger partial charge in [0.1, 0.15) is 5.54 Å². The Labute approximate surface area is 104 Å². The summed E-state index contributed by atoms with van der Waals surface area (Å²) in [5.41, 5.74) is 4.56. The molecule has 6 heteroatoms. The molecule has 0 aromatic heterocycles. The highest BCUT2D eigenvalue weighted by Crippen LogP contribution is 2.27. The molecule has 1 rings (SSSR count). The van der Waals surface area contributed by atoms with Crippen LogP contribution in [0.1, 0.15) is 12.5 Å². The summed E-state index contributed by atoms with van der Waals surface area (Å²) in [7, 11) is 0. The Bertz CT molecular complexity index is 380. The summed E-state index contributed by atoms with van der Waals surface area (Å²) < 4.78 is 0. The Kier molecular flexibility index (Phi) is 4.87. The maximum atomic E-state index is 10.8. The van der Waals surface area contributed by atoms with Crippen LogP contribution >= 0.6 is 35.6 Å². The highest BCUT2D eigenvalue weighted by molar-refractivity contribution is 6.42. The average Bonchev–Trinajstić information content (AvgIpc) is 2.09. The Balaban J connectivity index is 0.00000196. The van der Waals surface area contributed by atoms with E-state index in [1.807, 2.05) is 0 Å². The third-order valence-corrected chi connectivity index (χ3v) is 2.70. The molecule has 1 aromatic rings. The molecule has 0 radical (unpaired) electrons. The van der Waals surface area contributed by atoms with E-state index in [1.54, 1.807) is 6.07 Å². The second kappa shape index (κ2) is 5.03. The van der Waals surface area contributed by atoms with Gasteiger partial charge >= 0.3 is 5.97 Å². The molecule has 1 unspecified atom stereocenters. The van der Waals surface area contributed by atoms with Gasteiger partial charge in [0, 0.05) is 0 Å². The number of benzene rings is 1. The van der Waals surface area contributed by atoms with Crippen LogP contribution < -0.4 is 5.73 Å². The highest BCUT2D eigenvalue weighted by Gasteiger charge is 2.30. The molecule has 0 amide bonds. The van der Waals surface area contributed by atoms with E-state index >= 15 is 0 Å². The SMILES string of the molecule is CC(N)(C(=O)O)c1ccc(Cl)c(Cl)c1.Cl. The number of rotatable bonds is 2. The Morgan fingerprint density at radius 3 is 2.33 bits per heavy atom. The fraction of sp³-hybridized carbons (Fsp3) is 0.222. The van der Waals surface area contributed by atoms with Crippen molar-refractivity contribution in [2.75, 3.05) is 0 Å². The molecule has 0 saturated carbocycles. The van der Waals surface area contributed by atoms with Crippen molar-refractivity contribution >= 4 is 41.6 Å². The second-order valence-electron chi connectivity index (χ2n) is 3.14. The lowest BCUT2D eigenvalue weighted by molar-refractivity contribution is -0.143. The smallest absolute Gasteiger partial charge is 0.328 e. The van der Waals surface area contributed by atoms with Crippen LogP contribution in [-0.2, 0) is 10.3 Å².